The van der Waals surface area contributed by atoms with Crippen LogP contribution in [0.1, 0.15) is 20.8 Å². The predicted octanol–water partition coefficient (Wildman–Crippen LogP) is 2.77. The zero-order valence-electron chi connectivity index (χ0n) is 11.2. The van der Waals surface area contributed by atoms with E-state index in [4.69, 9.17) is 23.2 Å². The van der Waals surface area contributed by atoms with Crippen molar-refractivity contribution in [2.24, 2.45) is 7.05 Å². The highest BCUT2D eigenvalue weighted by Crippen LogP contribution is 2.26. The predicted molar refractivity (Wildman–Crippen MR) is 79.0 cm³/mol. The summed E-state index contributed by atoms with van der Waals surface area (Å²) in [6.45, 7) is 0. The topological polar surface area (TPSA) is 73.2 Å². The summed E-state index contributed by atoms with van der Waals surface area (Å²) in [5, 5.41) is 6.89. The van der Waals surface area contributed by atoms with E-state index in [2.05, 4.69) is 15.2 Å². The van der Waals surface area contributed by atoms with Crippen molar-refractivity contribution >= 4 is 40.8 Å². The van der Waals surface area contributed by atoms with Gasteiger partial charge in [0.15, 0.2) is 5.69 Å². The Morgan fingerprint density at radius 1 is 1.33 bits per heavy atom. The number of nitrogens with zero attached hydrogens (tertiary/aromatic N) is 2. The molecular formula is C13H11Cl2N3O3. The molecule has 6 nitrogen and oxygen atoms in total. The van der Waals surface area contributed by atoms with Crippen molar-refractivity contribution in [3.63, 3.8) is 0 Å². The first-order valence-electron chi connectivity index (χ1n) is 5.81. The van der Waals surface area contributed by atoms with Gasteiger partial charge in [-0.15, -0.1) is 0 Å². The van der Waals surface area contributed by atoms with Crippen LogP contribution in [0.5, 0.6) is 0 Å². The Hall–Kier alpha value is -2.05. The van der Waals surface area contributed by atoms with E-state index in [0.717, 1.165) is 0 Å². The smallest absolute Gasteiger partial charge is 0.358 e. The molecule has 0 spiro atoms. The fourth-order valence-corrected chi connectivity index (χ4v) is 2.12. The number of benzene rings is 1. The molecule has 0 aliphatic heterocycles. The number of amides is 1. The van der Waals surface area contributed by atoms with E-state index in [1.807, 2.05) is 0 Å². The number of carbonyl (C=O) groups excluding carboxylic acids is 2. The Balaban J connectivity index is 2.33. The first kappa shape index (κ1) is 15.3. The number of rotatable bonds is 3. The second kappa shape index (κ2) is 6.15. The zero-order valence-corrected chi connectivity index (χ0v) is 12.7. The number of anilines is 1. The number of ether oxygens (including phenoxy) is 1. The van der Waals surface area contributed by atoms with Gasteiger partial charge in [-0.1, -0.05) is 29.3 Å². The van der Waals surface area contributed by atoms with Crippen LogP contribution < -0.4 is 5.32 Å². The Labute approximate surface area is 130 Å². The number of hydrogen-bond acceptors (Lipinski definition) is 4. The summed E-state index contributed by atoms with van der Waals surface area (Å²) in [6.07, 6.45) is 1.35. The first-order chi connectivity index (χ1) is 9.95. The first-order valence-corrected chi connectivity index (χ1v) is 6.57. The van der Waals surface area contributed by atoms with Gasteiger partial charge in [0.05, 0.1) is 34.6 Å². The van der Waals surface area contributed by atoms with E-state index in [9.17, 15) is 9.59 Å². The average Bonchev–Trinajstić information content (AvgIpc) is 2.81. The number of carbonyl (C=O) groups is 2. The molecule has 0 aliphatic rings. The molecule has 110 valence electrons. The van der Waals surface area contributed by atoms with Crippen LogP contribution in [0, 0.1) is 0 Å². The highest BCUT2D eigenvalue weighted by Gasteiger charge is 2.21. The molecule has 0 atom stereocenters. The molecular weight excluding hydrogens is 317 g/mol. The summed E-state index contributed by atoms with van der Waals surface area (Å²) in [4.78, 5) is 23.9. The van der Waals surface area contributed by atoms with Crippen molar-refractivity contribution in [3.05, 3.63) is 45.7 Å². The van der Waals surface area contributed by atoms with Gasteiger partial charge in [-0.25, -0.2) is 4.79 Å². The minimum Gasteiger partial charge on any atom is -0.464 e. The number of esters is 1. The van der Waals surface area contributed by atoms with Crippen LogP contribution >= 0.6 is 23.2 Å². The Morgan fingerprint density at radius 3 is 2.71 bits per heavy atom. The highest BCUT2D eigenvalue weighted by molar-refractivity contribution is 6.44. The summed E-state index contributed by atoms with van der Waals surface area (Å²) in [7, 11) is 2.81. The van der Waals surface area contributed by atoms with Crippen LogP contribution in [0.2, 0.25) is 10.0 Å². The van der Waals surface area contributed by atoms with Gasteiger partial charge in [0.25, 0.3) is 5.91 Å². The summed E-state index contributed by atoms with van der Waals surface area (Å²) < 4.78 is 5.95. The summed E-state index contributed by atoms with van der Waals surface area (Å²) in [6, 6.07) is 4.70. The quantitative estimate of drug-likeness (QED) is 0.880. The molecule has 2 aromatic rings. The molecule has 0 aliphatic carbocycles. The third-order valence-electron chi connectivity index (χ3n) is 2.76. The summed E-state index contributed by atoms with van der Waals surface area (Å²) >= 11 is 11.9. The van der Waals surface area contributed by atoms with Crippen LogP contribution in [0.3, 0.4) is 0 Å². The molecule has 0 saturated heterocycles. The van der Waals surface area contributed by atoms with Crippen molar-refractivity contribution in [2.75, 3.05) is 12.4 Å². The van der Waals surface area contributed by atoms with E-state index in [1.54, 1.807) is 19.2 Å². The van der Waals surface area contributed by atoms with Gasteiger partial charge in [0.1, 0.15) is 0 Å². The Bertz CT molecular complexity index is 713. The van der Waals surface area contributed by atoms with Crippen molar-refractivity contribution in [1.82, 2.24) is 9.78 Å². The standard InChI is InChI=1S/C13H11Cl2N3O3/c1-18-11(13(20)21-2)9(6-16-18)17-12(19)7-4-3-5-8(14)10(7)15/h3-6H,1-2H3,(H,17,19). The SMILES string of the molecule is COC(=O)c1c(NC(=O)c2cccc(Cl)c2Cl)cnn1C. The van der Waals surface area contributed by atoms with Crippen molar-refractivity contribution < 1.29 is 14.3 Å². The van der Waals surface area contributed by atoms with E-state index in [-0.39, 0.29) is 27.0 Å². The fraction of sp³-hybridized carbons (Fsp3) is 0.154. The third-order valence-corrected chi connectivity index (χ3v) is 3.58. The maximum atomic E-state index is 12.2. The number of nitrogens with one attached hydrogen (secondary N) is 1. The Kier molecular flexibility index (Phi) is 4.50. The lowest BCUT2D eigenvalue weighted by Gasteiger charge is -2.08. The molecule has 8 heteroatoms. The lowest BCUT2D eigenvalue weighted by molar-refractivity contribution is 0.0589. The van der Waals surface area contributed by atoms with Crippen molar-refractivity contribution in [1.29, 1.82) is 0 Å². The summed E-state index contributed by atoms with van der Waals surface area (Å²) in [5.41, 5.74) is 0.554. The average molecular weight is 328 g/mol. The number of halogens is 2. The van der Waals surface area contributed by atoms with Crippen molar-refractivity contribution in [2.45, 2.75) is 0 Å². The molecule has 1 heterocycles. The van der Waals surface area contributed by atoms with E-state index >= 15 is 0 Å². The molecule has 1 aromatic heterocycles. The maximum absolute atomic E-state index is 12.2. The van der Waals surface area contributed by atoms with Crippen molar-refractivity contribution in [3.8, 4) is 0 Å². The van der Waals surface area contributed by atoms with Gasteiger partial charge in [0.2, 0.25) is 0 Å². The van der Waals surface area contributed by atoms with Crippen LogP contribution in [-0.2, 0) is 11.8 Å². The van der Waals surface area contributed by atoms with E-state index in [1.165, 1.54) is 24.1 Å². The lowest BCUT2D eigenvalue weighted by Crippen LogP contribution is -2.16. The molecule has 0 fully saturated rings. The molecule has 0 bridgehead atoms. The van der Waals surface area contributed by atoms with Gasteiger partial charge in [0, 0.05) is 7.05 Å². The van der Waals surface area contributed by atoms with Gasteiger partial charge < -0.3 is 10.1 Å². The molecule has 0 saturated carbocycles. The molecule has 0 radical (unpaired) electrons. The molecule has 1 aromatic carbocycles. The number of hydrogen-bond donors (Lipinski definition) is 1. The molecule has 1 amide bonds. The van der Waals surface area contributed by atoms with E-state index in [0.29, 0.717) is 0 Å². The largest absolute Gasteiger partial charge is 0.464 e. The number of aryl methyl sites for hydroxylation is 1. The minimum absolute atomic E-state index is 0.129. The molecule has 1 N–H and O–H groups in total. The Morgan fingerprint density at radius 2 is 2.05 bits per heavy atom. The van der Waals surface area contributed by atoms with Gasteiger partial charge in [-0.05, 0) is 12.1 Å². The second-order valence-electron chi connectivity index (χ2n) is 4.08. The number of aromatic nitrogens is 2. The van der Waals surface area contributed by atoms with Gasteiger partial charge in [-0.2, -0.15) is 5.10 Å². The van der Waals surface area contributed by atoms with Crippen LogP contribution in [0.25, 0.3) is 0 Å². The highest BCUT2D eigenvalue weighted by atomic mass is 35.5. The van der Waals surface area contributed by atoms with Crippen LogP contribution in [0.4, 0.5) is 5.69 Å². The molecule has 0 unspecified atom stereocenters. The zero-order chi connectivity index (χ0) is 15.6. The monoisotopic (exact) mass is 327 g/mol. The molecule has 2 rings (SSSR count). The van der Waals surface area contributed by atoms with Gasteiger partial charge >= 0.3 is 5.97 Å². The van der Waals surface area contributed by atoms with Crippen LogP contribution in [-0.4, -0.2) is 28.8 Å². The minimum atomic E-state index is -0.609. The molecule has 21 heavy (non-hydrogen) atoms. The van der Waals surface area contributed by atoms with Gasteiger partial charge in [-0.3, -0.25) is 9.48 Å². The normalized spacial score (nSPS) is 10.3. The van der Waals surface area contributed by atoms with E-state index < -0.39 is 11.9 Å². The third kappa shape index (κ3) is 3.01. The van der Waals surface area contributed by atoms with Crippen LogP contribution in [0.15, 0.2) is 24.4 Å². The summed E-state index contributed by atoms with van der Waals surface area (Å²) in [5.74, 6) is -1.11. The fourth-order valence-electron chi connectivity index (χ4n) is 1.74. The maximum Gasteiger partial charge on any atom is 0.358 e. The second-order valence-corrected chi connectivity index (χ2v) is 4.86. The lowest BCUT2D eigenvalue weighted by atomic mass is 10.2. The number of methoxy groups -OCH3 is 1.